The van der Waals surface area contributed by atoms with Gasteiger partial charge < -0.3 is 6.15 Å². The Balaban J connectivity index is -0.000000125. The van der Waals surface area contributed by atoms with Crippen LogP contribution in [0.25, 0.3) is 6.15 Å². The molecule has 2 heteroatoms. The number of rotatable bonds is 3. The van der Waals surface area contributed by atoms with Gasteiger partial charge in [-0.2, -0.15) is 0 Å². The van der Waals surface area contributed by atoms with E-state index >= 15 is 0 Å². The van der Waals surface area contributed by atoms with Crippen molar-refractivity contribution in [1.29, 1.82) is 0 Å². The van der Waals surface area contributed by atoms with Gasteiger partial charge in [0.05, 0.1) is 0 Å². The maximum atomic E-state index is 2.23. The van der Waals surface area contributed by atoms with Crippen molar-refractivity contribution in [1.82, 2.24) is 0 Å². The summed E-state index contributed by atoms with van der Waals surface area (Å²) >= 11 is 0. The Hall–Kier alpha value is 0.557. The third-order valence-corrected chi connectivity index (χ3v) is 0.957. The minimum Gasteiger partial charge on any atom is -0.693 e. The molecule has 0 heterocycles. The Morgan fingerprint density at radius 3 is 1.25 bits per heavy atom. The van der Waals surface area contributed by atoms with E-state index in [-0.39, 0.29) is 25.0 Å². The first-order chi connectivity index (χ1) is 2.91. The van der Waals surface area contributed by atoms with Crippen molar-refractivity contribution in [2.24, 2.45) is 0 Å². The monoisotopic (exact) mass is 109 g/mol. The van der Waals surface area contributed by atoms with Gasteiger partial charge in [-0.3, -0.25) is 0 Å². The van der Waals surface area contributed by atoms with E-state index in [2.05, 4.69) is 13.8 Å². The van der Waals surface area contributed by atoms with E-state index in [1.54, 1.807) is 0 Å². The molecule has 0 radical (unpaired) electrons. The van der Waals surface area contributed by atoms with Crippen LogP contribution in [0, 0.1) is 0 Å². The zero-order chi connectivity index (χ0) is 4.83. The van der Waals surface area contributed by atoms with Crippen molar-refractivity contribution < 1.29 is 18.9 Å². The quantitative estimate of drug-likeness (QED) is 0.369. The van der Waals surface area contributed by atoms with Crippen molar-refractivity contribution in [3.63, 3.8) is 0 Å². The summed E-state index contributed by atoms with van der Waals surface area (Å²) in [6.07, 6.45) is 5.54. The molecule has 8 heavy (non-hydrogen) atoms. The van der Waals surface area contributed by atoms with E-state index in [1.165, 1.54) is 25.7 Å². The van der Waals surface area contributed by atoms with Crippen LogP contribution < -0.4 is 18.9 Å². The van der Waals surface area contributed by atoms with E-state index in [1.807, 2.05) is 0 Å². The van der Waals surface area contributed by atoms with E-state index in [0.29, 0.717) is 0 Å². The van der Waals surface area contributed by atoms with Crippen molar-refractivity contribution in [3.8, 4) is 0 Å². The maximum Gasteiger partial charge on any atom is 1.00 e. The van der Waals surface area contributed by atoms with Crippen molar-refractivity contribution in [2.45, 2.75) is 39.5 Å². The molecule has 2 N–H and O–H groups in total. The molecular formula is C6H16LiN. The summed E-state index contributed by atoms with van der Waals surface area (Å²) in [7, 11) is 0. The van der Waals surface area contributed by atoms with Crippen LogP contribution in [0.5, 0.6) is 0 Å². The van der Waals surface area contributed by atoms with Gasteiger partial charge in [0, 0.05) is 0 Å². The number of hydrogen-bond acceptors (Lipinski definition) is 0. The first-order valence-corrected chi connectivity index (χ1v) is 2.91. The van der Waals surface area contributed by atoms with Crippen LogP contribution in [-0.4, -0.2) is 0 Å². The van der Waals surface area contributed by atoms with E-state index in [9.17, 15) is 0 Å². The van der Waals surface area contributed by atoms with Crippen molar-refractivity contribution in [3.05, 3.63) is 6.15 Å². The van der Waals surface area contributed by atoms with Gasteiger partial charge >= 0.3 is 18.9 Å². The molecule has 0 fully saturated rings. The topological polar surface area (TPSA) is 33.5 Å². The molecule has 0 unspecified atom stereocenters. The summed E-state index contributed by atoms with van der Waals surface area (Å²) < 4.78 is 0. The number of unbranched alkanes of at least 4 members (excludes halogenated alkanes) is 3. The molecule has 0 spiro atoms. The van der Waals surface area contributed by atoms with Gasteiger partial charge in [-0.1, -0.05) is 39.5 Å². The Morgan fingerprint density at radius 1 is 0.875 bits per heavy atom. The minimum absolute atomic E-state index is 0. The zero-order valence-electron chi connectivity index (χ0n) is 6.41. The molecule has 0 aromatic rings. The van der Waals surface area contributed by atoms with E-state index in [0.717, 1.165) is 0 Å². The predicted octanol–water partition coefficient (Wildman–Crippen LogP) is 0.308. The molecule has 0 saturated carbocycles. The average Bonchev–Trinajstić information content (AvgIpc) is 1.61. The molecule has 0 aromatic heterocycles. The molecule has 0 aliphatic heterocycles. The second kappa shape index (κ2) is 15.6. The third kappa shape index (κ3) is 16.0. The SMILES string of the molecule is CCCCCC.[Li+].[NH2-]. The van der Waals surface area contributed by atoms with Crippen LogP contribution in [0.2, 0.25) is 0 Å². The fraction of sp³-hybridized carbons (Fsp3) is 1.00. The van der Waals surface area contributed by atoms with Gasteiger partial charge in [-0.25, -0.2) is 0 Å². The minimum atomic E-state index is 0. The summed E-state index contributed by atoms with van der Waals surface area (Å²) in [5.41, 5.74) is 0. The summed E-state index contributed by atoms with van der Waals surface area (Å²) in [6, 6.07) is 0. The second-order valence-corrected chi connectivity index (χ2v) is 1.71. The average molecular weight is 109 g/mol. The third-order valence-electron chi connectivity index (χ3n) is 0.957. The first-order valence-electron chi connectivity index (χ1n) is 2.91. The Kier molecular flexibility index (Phi) is 30.9. The molecule has 0 amide bonds. The van der Waals surface area contributed by atoms with E-state index < -0.39 is 0 Å². The predicted molar refractivity (Wildman–Crippen MR) is 35.1 cm³/mol. The molecule has 0 saturated heterocycles. The Labute approximate surface area is 65.0 Å². The molecule has 1 nitrogen and oxygen atoms in total. The van der Waals surface area contributed by atoms with Crippen LogP contribution >= 0.6 is 0 Å². The standard InChI is InChI=1S/C6H14.Li.H2N/c1-3-5-6-4-2;;/h3-6H2,1-2H3;;1H2/q;+1;-1. The van der Waals surface area contributed by atoms with Gasteiger partial charge in [-0.05, 0) is 0 Å². The summed E-state index contributed by atoms with van der Waals surface area (Å²) in [5, 5.41) is 0. The molecule has 0 aliphatic carbocycles. The van der Waals surface area contributed by atoms with Gasteiger partial charge in [0.2, 0.25) is 0 Å². The Bertz CT molecular complexity index is 20.5. The largest absolute Gasteiger partial charge is 1.00 e. The van der Waals surface area contributed by atoms with Gasteiger partial charge in [0.1, 0.15) is 0 Å². The van der Waals surface area contributed by atoms with Gasteiger partial charge in [0.15, 0.2) is 0 Å². The molecule has 0 atom stereocenters. The van der Waals surface area contributed by atoms with Crippen LogP contribution in [0.4, 0.5) is 0 Å². The Morgan fingerprint density at radius 2 is 1.12 bits per heavy atom. The molecule has 0 rings (SSSR count). The van der Waals surface area contributed by atoms with Crippen LogP contribution in [-0.2, 0) is 0 Å². The van der Waals surface area contributed by atoms with Crippen molar-refractivity contribution in [2.75, 3.05) is 0 Å². The smallest absolute Gasteiger partial charge is 0.693 e. The summed E-state index contributed by atoms with van der Waals surface area (Å²) in [6.45, 7) is 4.46. The molecule has 0 bridgehead atoms. The number of nitrogens with two attached hydrogens (primary N) is 1. The zero-order valence-corrected chi connectivity index (χ0v) is 6.41. The fourth-order valence-electron chi connectivity index (χ4n) is 0.500. The molecule has 0 aliphatic rings. The molecular weight excluding hydrogens is 93.0 g/mol. The second-order valence-electron chi connectivity index (χ2n) is 1.71. The first kappa shape index (κ1) is 15.8. The van der Waals surface area contributed by atoms with Crippen LogP contribution in [0.3, 0.4) is 0 Å². The van der Waals surface area contributed by atoms with Crippen molar-refractivity contribution >= 4 is 0 Å². The van der Waals surface area contributed by atoms with E-state index in [4.69, 9.17) is 0 Å². The summed E-state index contributed by atoms with van der Waals surface area (Å²) in [5.74, 6) is 0. The molecule has 46 valence electrons. The van der Waals surface area contributed by atoms with Crippen LogP contribution in [0.1, 0.15) is 39.5 Å². The normalized spacial score (nSPS) is 6.75. The van der Waals surface area contributed by atoms with Gasteiger partial charge in [0.25, 0.3) is 0 Å². The summed E-state index contributed by atoms with van der Waals surface area (Å²) in [4.78, 5) is 0. The fourth-order valence-corrected chi connectivity index (χ4v) is 0.500. The maximum absolute atomic E-state index is 2.23. The van der Waals surface area contributed by atoms with Crippen LogP contribution in [0.15, 0.2) is 0 Å². The molecule has 0 aromatic carbocycles. The van der Waals surface area contributed by atoms with Gasteiger partial charge in [-0.15, -0.1) is 0 Å². The number of hydrogen-bond donors (Lipinski definition) is 0.